The monoisotopic (exact) mass is 377 g/mol. The minimum absolute atomic E-state index is 0.00725. The smallest absolute Gasteiger partial charge is 0.246 e. The predicted octanol–water partition coefficient (Wildman–Crippen LogP) is 4.09. The van der Waals surface area contributed by atoms with E-state index in [9.17, 15) is 4.79 Å². The first-order valence-corrected chi connectivity index (χ1v) is 9.87. The summed E-state index contributed by atoms with van der Waals surface area (Å²) >= 11 is 0. The van der Waals surface area contributed by atoms with E-state index in [1.54, 1.807) is 4.90 Å². The molecule has 1 heterocycles. The van der Waals surface area contributed by atoms with Crippen molar-refractivity contribution in [1.29, 1.82) is 5.26 Å². The summed E-state index contributed by atoms with van der Waals surface area (Å²) in [4.78, 5) is 17.0. The van der Waals surface area contributed by atoms with Crippen molar-refractivity contribution in [1.82, 2.24) is 0 Å². The molecule has 1 aliphatic rings. The van der Waals surface area contributed by atoms with E-state index in [1.165, 1.54) is 11.1 Å². The Bertz CT molecular complexity index is 855. The SMILES string of the molecule is CCOc1ccc(N(CCC#N)C(=O)CN2CCCc3cc(C)ccc32)cc1. The van der Waals surface area contributed by atoms with Crippen molar-refractivity contribution in [3.8, 4) is 11.8 Å². The topological polar surface area (TPSA) is 56.6 Å². The average Bonchev–Trinajstić information content (AvgIpc) is 2.69. The number of hydrogen-bond donors (Lipinski definition) is 0. The lowest BCUT2D eigenvalue weighted by molar-refractivity contribution is -0.117. The van der Waals surface area contributed by atoms with Crippen LogP contribution >= 0.6 is 0 Å². The number of nitrogens with zero attached hydrogens (tertiary/aromatic N) is 3. The largest absolute Gasteiger partial charge is 0.494 e. The molecule has 0 aromatic heterocycles. The summed E-state index contributed by atoms with van der Waals surface area (Å²) in [7, 11) is 0. The van der Waals surface area contributed by atoms with Crippen LogP contribution in [0.1, 0.15) is 30.9 Å². The molecule has 5 nitrogen and oxygen atoms in total. The first-order valence-electron chi connectivity index (χ1n) is 9.87. The van der Waals surface area contributed by atoms with E-state index in [0.717, 1.165) is 36.5 Å². The lowest BCUT2D eigenvalue weighted by atomic mass is 9.99. The van der Waals surface area contributed by atoms with E-state index < -0.39 is 0 Å². The molecule has 0 spiro atoms. The molecule has 0 saturated carbocycles. The first-order chi connectivity index (χ1) is 13.6. The van der Waals surface area contributed by atoms with E-state index in [0.29, 0.717) is 26.1 Å². The van der Waals surface area contributed by atoms with Gasteiger partial charge in [0.1, 0.15) is 5.75 Å². The summed E-state index contributed by atoms with van der Waals surface area (Å²) in [5.41, 5.74) is 4.50. The van der Waals surface area contributed by atoms with Gasteiger partial charge in [0.05, 0.1) is 25.6 Å². The Morgan fingerprint density at radius 3 is 2.75 bits per heavy atom. The molecular weight excluding hydrogens is 350 g/mol. The normalized spacial score (nSPS) is 12.8. The molecule has 1 amide bonds. The van der Waals surface area contributed by atoms with Crippen molar-refractivity contribution in [3.05, 3.63) is 53.6 Å². The second-order valence-corrected chi connectivity index (χ2v) is 7.04. The van der Waals surface area contributed by atoms with Gasteiger partial charge in [-0.1, -0.05) is 17.7 Å². The van der Waals surface area contributed by atoms with Crippen LogP contribution in [0.15, 0.2) is 42.5 Å². The van der Waals surface area contributed by atoms with Gasteiger partial charge in [-0.15, -0.1) is 0 Å². The molecule has 1 aliphatic heterocycles. The average molecular weight is 377 g/mol. The van der Waals surface area contributed by atoms with Crippen LogP contribution in [0.2, 0.25) is 0 Å². The van der Waals surface area contributed by atoms with E-state index in [1.807, 2.05) is 31.2 Å². The van der Waals surface area contributed by atoms with Crippen molar-refractivity contribution >= 4 is 17.3 Å². The standard InChI is InChI=1S/C23H27N3O2/c1-3-28-21-10-8-20(9-11-21)26(15-5-13-24)23(27)17-25-14-4-6-19-16-18(2)7-12-22(19)25/h7-12,16H,3-6,14-15,17H2,1-2H3. The molecule has 2 aromatic rings. The fourth-order valence-corrected chi connectivity index (χ4v) is 3.67. The maximum Gasteiger partial charge on any atom is 0.246 e. The summed E-state index contributed by atoms with van der Waals surface area (Å²) in [6.07, 6.45) is 2.40. The van der Waals surface area contributed by atoms with Crippen LogP contribution in [0, 0.1) is 18.3 Å². The molecule has 0 unspecified atom stereocenters. The lowest BCUT2D eigenvalue weighted by Gasteiger charge is -2.33. The van der Waals surface area contributed by atoms with Crippen LogP contribution in [0.5, 0.6) is 5.75 Å². The van der Waals surface area contributed by atoms with Crippen LogP contribution in [0.25, 0.3) is 0 Å². The molecule has 0 aliphatic carbocycles. The third kappa shape index (κ3) is 4.64. The maximum atomic E-state index is 13.1. The molecule has 0 N–H and O–H groups in total. The highest BCUT2D eigenvalue weighted by molar-refractivity contribution is 5.96. The van der Waals surface area contributed by atoms with Gasteiger partial charge >= 0.3 is 0 Å². The van der Waals surface area contributed by atoms with E-state index in [-0.39, 0.29) is 5.91 Å². The molecule has 146 valence electrons. The second kappa shape index (κ2) is 9.27. The summed E-state index contributed by atoms with van der Waals surface area (Å²) in [6, 6.07) is 16.1. The zero-order valence-corrected chi connectivity index (χ0v) is 16.6. The predicted molar refractivity (Wildman–Crippen MR) is 112 cm³/mol. The number of aryl methyl sites for hydroxylation is 2. The summed E-state index contributed by atoms with van der Waals surface area (Å²) in [6.45, 7) is 6.21. The van der Waals surface area contributed by atoms with Crippen molar-refractivity contribution in [3.63, 3.8) is 0 Å². The molecule has 0 bridgehead atoms. The summed E-state index contributed by atoms with van der Waals surface area (Å²) < 4.78 is 5.49. The fraction of sp³-hybridized carbons (Fsp3) is 0.391. The fourth-order valence-electron chi connectivity index (χ4n) is 3.67. The second-order valence-electron chi connectivity index (χ2n) is 7.04. The number of benzene rings is 2. The highest BCUT2D eigenvalue weighted by Crippen LogP contribution is 2.28. The Morgan fingerprint density at radius 2 is 2.04 bits per heavy atom. The number of fused-ring (bicyclic) bond motifs is 1. The maximum absolute atomic E-state index is 13.1. The molecular formula is C23H27N3O2. The lowest BCUT2D eigenvalue weighted by Crippen LogP contribution is -2.42. The first kappa shape index (κ1) is 19.8. The van der Waals surface area contributed by atoms with Gasteiger partial charge in [0.25, 0.3) is 0 Å². The number of rotatable bonds is 7. The van der Waals surface area contributed by atoms with E-state index >= 15 is 0 Å². The van der Waals surface area contributed by atoms with Crippen molar-refractivity contribution in [2.45, 2.75) is 33.1 Å². The highest BCUT2D eigenvalue weighted by atomic mass is 16.5. The van der Waals surface area contributed by atoms with Gasteiger partial charge in [-0.3, -0.25) is 4.79 Å². The Balaban J connectivity index is 1.78. The van der Waals surface area contributed by atoms with Gasteiger partial charge in [-0.25, -0.2) is 0 Å². The van der Waals surface area contributed by atoms with Crippen LogP contribution < -0.4 is 14.5 Å². The molecule has 0 atom stereocenters. The van der Waals surface area contributed by atoms with Gasteiger partial charge in [0, 0.05) is 24.5 Å². The minimum atomic E-state index is 0.00725. The molecule has 0 fully saturated rings. The van der Waals surface area contributed by atoms with Gasteiger partial charge in [0.2, 0.25) is 5.91 Å². The number of nitriles is 1. The van der Waals surface area contributed by atoms with E-state index in [2.05, 4.69) is 36.1 Å². The molecule has 5 heteroatoms. The van der Waals surface area contributed by atoms with Crippen LogP contribution in [-0.4, -0.2) is 32.1 Å². The molecule has 0 radical (unpaired) electrons. The van der Waals surface area contributed by atoms with Crippen molar-refractivity contribution in [2.24, 2.45) is 0 Å². The number of carbonyl (C=O) groups excluding carboxylic acids is 1. The Kier molecular flexibility index (Phi) is 6.54. The van der Waals surface area contributed by atoms with Gasteiger partial charge < -0.3 is 14.5 Å². The minimum Gasteiger partial charge on any atom is -0.494 e. The van der Waals surface area contributed by atoms with Crippen LogP contribution in [0.3, 0.4) is 0 Å². The summed E-state index contributed by atoms with van der Waals surface area (Å²) in [5, 5.41) is 9.02. The number of amides is 1. The third-order valence-corrected chi connectivity index (χ3v) is 4.98. The number of hydrogen-bond acceptors (Lipinski definition) is 4. The van der Waals surface area contributed by atoms with E-state index in [4.69, 9.17) is 10.00 Å². The quantitative estimate of drug-likeness (QED) is 0.729. The number of carbonyl (C=O) groups is 1. The zero-order valence-electron chi connectivity index (χ0n) is 16.6. The Hall–Kier alpha value is -3.00. The summed E-state index contributed by atoms with van der Waals surface area (Å²) in [5.74, 6) is 0.784. The van der Waals surface area contributed by atoms with Crippen molar-refractivity contribution < 1.29 is 9.53 Å². The molecule has 3 rings (SSSR count). The number of ether oxygens (including phenoxy) is 1. The van der Waals surface area contributed by atoms with Gasteiger partial charge in [-0.2, -0.15) is 5.26 Å². The third-order valence-electron chi connectivity index (χ3n) is 4.98. The van der Waals surface area contributed by atoms with Crippen molar-refractivity contribution in [2.75, 3.05) is 36.0 Å². The van der Waals surface area contributed by atoms with Gasteiger partial charge in [0.15, 0.2) is 0 Å². The Morgan fingerprint density at radius 1 is 1.25 bits per heavy atom. The molecule has 2 aromatic carbocycles. The zero-order chi connectivity index (χ0) is 19.9. The molecule has 28 heavy (non-hydrogen) atoms. The highest BCUT2D eigenvalue weighted by Gasteiger charge is 2.23. The van der Waals surface area contributed by atoms with Gasteiger partial charge in [-0.05, 0) is 62.6 Å². The number of anilines is 2. The Labute approximate surface area is 167 Å². The van der Waals surface area contributed by atoms with Crippen LogP contribution in [0.4, 0.5) is 11.4 Å². The van der Waals surface area contributed by atoms with Crippen LogP contribution in [-0.2, 0) is 11.2 Å². The molecule has 0 saturated heterocycles.